The van der Waals surface area contributed by atoms with E-state index >= 15 is 0 Å². The highest BCUT2D eigenvalue weighted by Gasteiger charge is 2.17. The molecular formula is C28H25Cl2N3O4. The summed E-state index contributed by atoms with van der Waals surface area (Å²) in [6.07, 6.45) is 1.37. The third kappa shape index (κ3) is 7.50. The maximum Gasteiger partial charge on any atom is 0.266 e. The van der Waals surface area contributed by atoms with Gasteiger partial charge in [-0.2, -0.15) is 5.26 Å². The molecular weight excluding hydrogens is 513 g/mol. The quantitative estimate of drug-likeness (QED) is 0.237. The lowest BCUT2D eigenvalue weighted by molar-refractivity contribution is -0.118. The van der Waals surface area contributed by atoms with Gasteiger partial charge >= 0.3 is 0 Å². The third-order valence-corrected chi connectivity index (χ3v) is 5.74. The Morgan fingerprint density at radius 3 is 2.41 bits per heavy atom. The van der Waals surface area contributed by atoms with E-state index in [2.05, 4.69) is 10.6 Å². The molecule has 2 N–H and O–H groups in total. The minimum absolute atomic E-state index is 0.153. The van der Waals surface area contributed by atoms with Crippen molar-refractivity contribution >= 4 is 52.5 Å². The van der Waals surface area contributed by atoms with E-state index in [4.69, 9.17) is 32.7 Å². The highest BCUT2D eigenvalue weighted by Crippen LogP contribution is 2.37. The molecule has 0 radical (unpaired) electrons. The Kier molecular flexibility index (Phi) is 9.56. The Labute approximate surface area is 225 Å². The van der Waals surface area contributed by atoms with Gasteiger partial charge in [0.25, 0.3) is 11.8 Å². The summed E-state index contributed by atoms with van der Waals surface area (Å²) in [6, 6.07) is 17.4. The molecule has 37 heavy (non-hydrogen) atoms. The molecule has 3 rings (SSSR count). The van der Waals surface area contributed by atoms with E-state index in [0.29, 0.717) is 28.6 Å². The first-order valence-corrected chi connectivity index (χ1v) is 12.1. The van der Waals surface area contributed by atoms with Crippen LogP contribution in [0.3, 0.4) is 0 Å². The molecule has 0 bridgehead atoms. The highest BCUT2D eigenvalue weighted by atomic mass is 35.5. The van der Waals surface area contributed by atoms with Crippen LogP contribution >= 0.6 is 23.2 Å². The van der Waals surface area contributed by atoms with Crippen molar-refractivity contribution < 1.29 is 19.1 Å². The average Bonchev–Trinajstić information content (AvgIpc) is 2.85. The van der Waals surface area contributed by atoms with Crippen molar-refractivity contribution in [3.63, 3.8) is 0 Å². The first-order chi connectivity index (χ1) is 17.7. The van der Waals surface area contributed by atoms with Crippen LogP contribution in [0.15, 0.2) is 60.2 Å². The number of carbonyl (C=O) groups excluding carboxylic acids is 2. The van der Waals surface area contributed by atoms with E-state index < -0.39 is 5.91 Å². The molecule has 190 valence electrons. The molecule has 0 atom stereocenters. The van der Waals surface area contributed by atoms with Gasteiger partial charge < -0.3 is 20.1 Å². The summed E-state index contributed by atoms with van der Waals surface area (Å²) < 4.78 is 11.4. The molecule has 0 aliphatic heterocycles. The summed E-state index contributed by atoms with van der Waals surface area (Å²) >= 11 is 12.5. The lowest BCUT2D eigenvalue weighted by Gasteiger charge is -2.15. The first kappa shape index (κ1) is 27.6. The molecule has 7 nitrogen and oxygen atoms in total. The Morgan fingerprint density at radius 1 is 0.973 bits per heavy atom. The summed E-state index contributed by atoms with van der Waals surface area (Å²) in [5.41, 5.74) is 3.37. The van der Waals surface area contributed by atoms with E-state index in [0.717, 1.165) is 11.1 Å². The minimum Gasteiger partial charge on any atom is -0.490 e. The Morgan fingerprint density at radius 2 is 1.73 bits per heavy atom. The second-order valence-corrected chi connectivity index (χ2v) is 8.84. The number of amides is 2. The zero-order valence-corrected chi connectivity index (χ0v) is 22.0. The summed E-state index contributed by atoms with van der Waals surface area (Å²) in [5, 5.41) is 15.5. The fraction of sp³-hybridized carbons (Fsp3) is 0.179. The number of nitrogens with one attached hydrogen (secondary N) is 2. The number of anilines is 2. The molecule has 0 fully saturated rings. The fourth-order valence-electron chi connectivity index (χ4n) is 3.42. The Bertz CT molecular complexity index is 1400. The first-order valence-electron chi connectivity index (χ1n) is 11.4. The normalized spacial score (nSPS) is 10.9. The molecule has 0 aromatic heterocycles. The number of hydrogen-bond donors (Lipinski definition) is 2. The second-order valence-electron chi connectivity index (χ2n) is 8.02. The maximum absolute atomic E-state index is 12.6. The van der Waals surface area contributed by atoms with Crippen molar-refractivity contribution in [2.24, 2.45) is 0 Å². The molecule has 0 saturated heterocycles. The van der Waals surface area contributed by atoms with Gasteiger partial charge in [0.1, 0.15) is 11.6 Å². The zero-order chi connectivity index (χ0) is 26.9. The van der Waals surface area contributed by atoms with Crippen molar-refractivity contribution in [2.75, 3.05) is 23.8 Å². The van der Waals surface area contributed by atoms with Gasteiger partial charge in [-0.3, -0.25) is 9.59 Å². The van der Waals surface area contributed by atoms with Crippen LogP contribution in [0.2, 0.25) is 10.0 Å². The lowest BCUT2D eigenvalue weighted by Crippen LogP contribution is -2.21. The van der Waals surface area contributed by atoms with E-state index in [-0.39, 0.29) is 34.6 Å². The predicted molar refractivity (Wildman–Crippen MR) is 146 cm³/mol. The second kappa shape index (κ2) is 12.8. The number of aryl methyl sites for hydroxylation is 2. The zero-order valence-electron chi connectivity index (χ0n) is 20.5. The molecule has 0 spiro atoms. The summed E-state index contributed by atoms with van der Waals surface area (Å²) in [7, 11) is 0. The van der Waals surface area contributed by atoms with Crippen molar-refractivity contribution in [3.8, 4) is 17.6 Å². The number of hydrogen-bond acceptors (Lipinski definition) is 5. The standard InChI is InChI=1S/C28H25Cl2N3O4/c1-4-36-25-14-19(12-20(15-31)28(35)33-24-8-6-5-7-21(24)29)13-22(30)27(25)37-16-26(34)32-23-10-9-17(2)11-18(23)3/h5-14H,4,16H2,1-3H3,(H,32,34)(H,33,35)/b20-12+. The highest BCUT2D eigenvalue weighted by molar-refractivity contribution is 6.34. The molecule has 9 heteroatoms. The van der Waals surface area contributed by atoms with Crippen molar-refractivity contribution in [2.45, 2.75) is 20.8 Å². The van der Waals surface area contributed by atoms with E-state index in [1.807, 2.05) is 38.1 Å². The number of carbonyl (C=O) groups is 2. The van der Waals surface area contributed by atoms with Crippen LogP contribution < -0.4 is 20.1 Å². The van der Waals surface area contributed by atoms with E-state index in [1.54, 1.807) is 37.3 Å². The SMILES string of the molecule is CCOc1cc(/C=C(\C#N)C(=O)Nc2ccccc2Cl)cc(Cl)c1OCC(=O)Nc1ccc(C)cc1C. The predicted octanol–water partition coefficient (Wildman–Crippen LogP) is 6.57. The summed E-state index contributed by atoms with van der Waals surface area (Å²) in [5.74, 6) is -0.551. The van der Waals surface area contributed by atoms with Crippen LogP contribution in [-0.2, 0) is 9.59 Å². The van der Waals surface area contributed by atoms with Crippen LogP contribution in [0, 0.1) is 25.2 Å². The van der Waals surface area contributed by atoms with Gasteiger partial charge in [0, 0.05) is 5.69 Å². The fourth-order valence-corrected chi connectivity index (χ4v) is 3.88. The average molecular weight is 538 g/mol. The Hall–Kier alpha value is -3.99. The summed E-state index contributed by atoms with van der Waals surface area (Å²) in [4.78, 5) is 25.1. The van der Waals surface area contributed by atoms with Crippen LogP contribution in [-0.4, -0.2) is 25.0 Å². The Balaban J connectivity index is 1.78. The lowest BCUT2D eigenvalue weighted by atomic mass is 10.1. The van der Waals surface area contributed by atoms with E-state index in [1.165, 1.54) is 12.1 Å². The van der Waals surface area contributed by atoms with Gasteiger partial charge in [0.2, 0.25) is 0 Å². The molecule has 0 unspecified atom stereocenters. The van der Waals surface area contributed by atoms with Gasteiger partial charge in [-0.1, -0.05) is 53.0 Å². The number of nitriles is 1. The number of nitrogens with zero attached hydrogens (tertiary/aromatic N) is 1. The molecule has 0 saturated carbocycles. The molecule has 0 heterocycles. The largest absolute Gasteiger partial charge is 0.490 e. The monoisotopic (exact) mass is 537 g/mol. The smallest absolute Gasteiger partial charge is 0.266 e. The third-order valence-electron chi connectivity index (χ3n) is 5.13. The number of halogens is 2. The molecule has 3 aromatic carbocycles. The van der Waals surface area contributed by atoms with Gasteiger partial charge in [-0.15, -0.1) is 0 Å². The van der Waals surface area contributed by atoms with Crippen molar-refractivity contribution in [1.82, 2.24) is 0 Å². The molecule has 3 aromatic rings. The molecule has 0 aliphatic carbocycles. The van der Waals surface area contributed by atoms with Crippen LogP contribution in [0.4, 0.5) is 11.4 Å². The van der Waals surface area contributed by atoms with Gasteiger partial charge in [0.05, 0.1) is 22.3 Å². The van der Waals surface area contributed by atoms with Gasteiger partial charge in [-0.05, 0) is 68.3 Å². The number of rotatable bonds is 9. The summed E-state index contributed by atoms with van der Waals surface area (Å²) in [6.45, 7) is 5.66. The maximum atomic E-state index is 12.6. The van der Waals surface area contributed by atoms with Crippen molar-refractivity contribution in [1.29, 1.82) is 5.26 Å². The van der Waals surface area contributed by atoms with Gasteiger partial charge in [-0.25, -0.2) is 0 Å². The molecule has 2 amide bonds. The van der Waals surface area contributed by atoms with E-state index in [9.17, 15) is 14.9 Å². The van der Waals surface area contributed by atoms with Crippen LogP contribution in [0.5, 0.6) is 11.5 Å². The number of benzene rings is 3. The number of ether oxygens (including phenoxy) is 2. The number of para-hydroxylation sites is 1. The molecule has 0 aliphatic rings. The van der Waals surface area contributed by atoms with Crippen molar-refractivity contribution in [3.05, 3.63) is 86.9 Å². The van der Waals surface area contributed by atoms with Crippen LogP contribution in [0.1, 0.15) is 23.6 Å². The minimum atomic E-state index is -0.631. The topological polar surface area (TPSA) is 100 Å². The van der Waals surface area contributed by atoms with Gasteiger partial charge in [0.15, 0.2) is 18.1 Å². The van der Waals surface area contributed by atoms with Crippen LogP contribution in [0.25, 0.3) is 6.08 Å².